The summed E-state index contributed by atoms with van der Waals surface area (Å²) in [4.78, 5) is 0.0950. The molecule has 1 fully saturated rings. The number of fused-ring (bicyclic) bond motifs is 1. The van der Waals surface area contributed by atoms with Gasteiger partial charge in [0.05, 0.1) is 23.8 Å². The van der Waals surface area contributed by atoms with E-state index in [9.17, 15) is 13.5 Å². The van der Waals surface area contributed by atoms with Gasteiger partial charge in [-0.15, -0.1) is 6.42 Å². The number of sulfonamides is 1. The summed E-state index contributed by atoms with van der Waals surface area (Å²) in [5.41, 5.74) is 3.23. The fraction of sp³-hybridized carbons (Fsp3) is 0.462. The predicted octanol–water partition coefficient (Wildman–Crippen LogP) is 3.69. The van der Waals surface area contributed by atoms with E-state index in [4.69, 9.17) is 15.9 Å². The van der Waals surface area contributed by atoms with Gasteiger partial charge < -0.3 is 14.6 Å². The topological polar surface area (TPSA) is 76.1 Å². The van der Waals surface area contributed by atoms with Crippen molar-refractivity contribution < 1.29 is 23.0 Å². The summed E-state index contributed by atoms with van der Waals surface area (Å²) in [5, 5.41) is 9.93. The zero-order valence-electron chi connectivity index (χ0n) is 19.0. The lowest BCUT2D eigenvalue weighted by Crippen LogP contribution is -2.43. The van der Waals surface area contributed by atoms with Crippen LogP contribution in [0.2, 0.25) is 0 Å². The van der Waals surface area contributed by atoms with Crippen molar-refractivity contribution in [2.24, 2.45) is 5.92 Å². The highest BCUT2D eigenvalue weighted by molar-refractivity contribution is 7.92. The van der Waals surface area contributed by atoms with Gasteiger partial charge in [-0.3, -0.25) is 4.31 Å². The van der Waals surface area contributed by atoms with Crippen LogP contribution in [-0.2, 0) is 34.2 Å². The Morgan fingerprint density at radius 1 is 1.18 bits per heavy atom. The summed E-state index contributed by atoms with van der Waals surface area (Å²) in [6, 6.07) is 9.98. The number of hydrogen-bond acceptors (Lipinski definition) is 5. The number of aliphatic hydroxyl groups is 1. The fourth-order valence-corrected chi connectivity index (χ4v) is 6.21. The average Bonchev–Trinajstić information content (AvgIpc) is 2.86. The second-order valence-corrected chi connectivity index (χ2v) is 10.4. The van der Waals surface area contributed by atoms with Crippen LogP contribution in [-0.4, -0.2) is 39.4 Å². The van der Waals surface area contributed by atoms with Crippen LogP contribution in [0.1, 0.15) is 42.9 Å². The average molecular weight is 470 g/mol. The number of nitrogens with zero attached hydrogens (tertiary/aromatic N) is 1. The van der Waals surface area contributed by atoms with E-state index in [1.807, 2.05) is 12.1 Å². The molecule has 4 rings (SSSR count). The third-order valence-corrected chi connectivity index (χ3v) is 8.35. The standard InChI is InChI=1S/C26H31NO5S/c1-3-19-5-9-25-21(15-19)6-7-23(4-2)27(25)33(29,30)24-8-10-26(22(16-24)17-28)32-18-20-11-13-31-14-12-20/h2,5,8-10,15-16,20,23,28H,3,6-7,11-14,17-18H2,1H3/t23-/m0/s1. The SMILES string of the molecule is C#C[C@H]1CCc2cc(CC)ccc2N1S(=O)(=O)c1ccc(OCC2CCOCC2)c(CO)c1. The number of terminal acetylenes is 1. The molecule has 0 saturated carbocycles. The molecule has 2 aliphatic heterocycles. The first kappa shape index (κ1) is 23.6. The Balaban J connectivity index is 1.64. The van der Waals surface area contributed by atoms with Gasteiger partial charge in [-0.2, -0.15) is 0 Å². The second kappa shape index (κ2) is 10.2. The van der Waals surface area contributed by atoms with Gasteiger partial charge in [-0.25, -0.2) is 8.42 Å². The molecule has 6 nitrogen and oxygen atoms in total. The fourth-order valence-electron chi connectivity index (χ4n) is 4.51. The molecule has 2 aromatic rings. The number of rotatable bonds is 7. The molecular weight excluding hydrogens is 438 g/mol. The zero-order valence-corrected chi connectivity index (χ0v) is 19.8. The first-order valence-corrected chi connectivity index (χ1v) is 13.0. The van der Waals surface area contributed by atoms with Gasteiger partial charge in [0, 0.05) is 18.8 Å². The molecule has 0 aromatic heterocycles. The van der Waals surface area contributed by atoms with Crippen LogP contribution in [0.15, 0.2) is 41.3 Å². The summed E-state index contributed by atoms with van der Waals surface area (Å²) in [6.45, 7) is 3.73. The maximum absolute atomic E-state index is 13.8. The van der Waals surface area contributed by atoms with Crippen molar-refractivity contribution >= 4 is 15.7 Å². The maximum atomic E-state index is 13.8. The molecule has 1 N–H and O–H groups in total. The zero-order chi connectivity index (χ0) is 23.4. The quantitative estimate of drug-likeness (QED) is 0.626. The molecule has 0 bridgehead atoms. The number of ether oxygens (including phenoxy) is 2. The summed E-state index contributed by atoms with van der Waals surface area (Å²) in [6.07, 6.45) is 9.80. The van der Waals surface area contributed by atoms with E-state index >= 15 is 0 Å². The Kier molecular flexibility index (Phi) is 7.28. The summed E-state index contributed by atoms with van der Waals surface area (Å²) in [7, 11) is -3.93. The highest BCUT2D eigenvalue weighted by atomic mass is 32.2. The van der Waals surface area contributed by atoms with Crippen LogP contribution >= 0.6 is 0 Å². The highest BCUT2D eigenvalue weighted by Crippen LogP contribution is 2.37. The van der Waals surface area contributed by atoms with E-state index in [-0.39, 0.29) is 11.5 Å². The lowest BCUT2D eigenvalue weighted by molar-refractivity contribution is 0.0494. The number of anilines is 1. The molecule has 33 heavy (non-hydrogen) atoms. The van der Waals surface area contributed by atoms with Gasteiger partial charge >= 0.3 is 0 Å². The lowest BCUT2D eigenvalue weighted by atomic mass is 9.96. The van der Waals surface area contributed by atoms with Crippen LogP contribution in [0.25, 0.3) is 0 Å². The maximum Gasteiger partial charge on any atom is 0.265 e. The van der Waals surface area contributed by atoms with Crippen LogP contribution in [0.3, 0.4) is 0 Å². The molecule has 2 aliphatic rings. The van der Waals surface area contributed by atoms with E-state index in [2.05, 4.69) is 18.9 Å². The predicted molar refractivity (Wildman–Crippen MR) is 128 cm³/mol. The Bertz CT molecular complexity index is 1130. The third-order valence-electron chi connectivity index (χ3n) is 6.53. The van der Waals surface area contributed by atoms with E-state index < -0.39 is 16.1 Å². The van der Waals surface area contributed by atoms with Crippen molar-refractivity contribution in [3.63, 3.8) is 0 Å². The minimum absolute atomic E-state index is 0.0950. The Hall–Kier alpha value is -2.53. The molecule has 2 heterocycles. The first-order chi connectivity index (χ1) is 16.0. The summed E-state index contributed by atoms with van der Waals surface area (Å²) in [5.74, 6) is 3.55. The van der Waals surface area contributed by atoms with E-state index in [1.54, 1.807) is 6.07 Å². The van der Waals surface area contributed by atoms with E-state index in [0.29, 0.717) is 35.9 Å². The van der Waals surface area contributed by atoms with Crippen LogP contribution in [0, 0.1) is 18.3 Å². The smallest absolute Gasteiger partial charge is 0.265 e. The molecule has 7 heteroatoms. The van der Waals surface area contributed by atoms with Gasteiger partial charge in [0.25, 0.3) is 10.0 Å². The number of aryl methyl sites for hydroxylation is 2. The monoisotopic (exact) mass is 469 g/mol. The first-order valence-electron chi connectivity index (χ1n) is 11.5. The Morgan fingerprint density at radius 2 is 1.97 bits per heavy atom. The highest BCUT2D eigenvalue weighted by Gasteiger charge is 2.35. The van der Waals surface area contributed by atoms with E-state index in [1.165, 1.54) is 22.0 Å². The lowest BCUT2D eigenvalue weighted by Gasteiger charge is -2.35. The molecular formula is C26H31NO5S. The van der Waals surface area contributed by atoms with Crippen molar-refractivity contribution in [1.29, 1.82) is 0 Å². The molecule has 2 aromatic carbocycles. The molecule has 0 radical (unpaired) electrons. The minimum atomic E-state index is -3.93. The molecule has 0 aliphatic carbocycles. The van der Waals surface area contributed by atoms with Crippen molar-refractivity contribution in [1.82, 2.24) is 0 Å². The summed E-state index contributed by atoms with van der Waals surface area (Å²) >= 11 is 0. The van der Waals surface area contributed by atoms with Crippen LogP contribution in [0.4, 0.5) is 5.69 Å². The molecule has 0 amide bonds. The second-order valence-electron chi connectivity index (χ2n) is 8.63. The van der Waals surface area contributed by atoms with Crippen molar-refractivity contribution in [3.05, 3.63) is 53.1 Å². The Labute approximate surface area is 196 Å². The molecule has 1 atom stereocenters. The molecule has 0 unspecified atom stereocenters. The largest absolute Gasteiger partial charge is 0.493 e. The van der Waals surface area contributed by atoms with E-state index in [0.717, 1.165) is 44.5 Å². The molecule has 176 valence electrons. The van der Waals surface area contributed by atoms with Crippen LogP contribution in [0.5, 0.6) is 5.75 Å². The van der Waals surface area contributed by atoms with Crippen molar-refractivity contribution in [3.8, 4) is 18.1 Å². The van der Waals surface area contributed by atoms with Crippen LogP contribution < -0.4 is 9.04 Å². The third kappa shape index (κ3) is 4.89. The Morgan fingerprint density at radius 3 is 2.67 bits per heavy atom. The molecule has 1 saturated heterocycles. The van der Waals surface area contributed by atoms with Gasteiger partial charge in [0.15, 0.2) is 0 Å². The molecule has 0 spiro atoms. The normalized spacial score (nSPS) is 19.1. The summed E-state index contributed by atoms with van der Waals surface area (Å²) < 4.78 is 40.2. The van der Waals surface area contributed by atoms with Crippen molar-refractivity contribution in [2.45, 2.75) is 56.6 Å². The minimum Gasteiger partial charge on any atom is -0.493 e. The van der Waals surface area contributed by atoms with Gasteiger partial charge in [-0.05, 0) is 73.4 Å². The van der Waals surface area contributed by atoms with Gasteiger partial charge in [-0.1, -0.05) is 25.0 Å². The number of benzene rings is 2. The van der Waals surface area contributed by atoms with Crippen molar-refractivity contribution in [2.75, 3.05) is 24.1 Å². The van der Waals surface area contributed by atoms with Gasteiger partial charge in [0.1, 0.15) is 11.8 Å². The van der Waals surface area contributed by atoms with Gasteiger partial charge in [0.2, 0.25) is 0 Å². The number of aliphatic hydroxyl groups excluding tert-OH is 1. The number of hydrogen-bond donors (Lipinski definition) is 1.